The van der Waals surface area contributed by atoms with Crippen LogP contribution in [0, 0.1) is 6.92 Å². The van der Waals surface area contributed by atoms with Gasteiger partial charge in [0.05, 0.1) is 17.7 Å². The molecule has 1 atom stereocenters. The van der Waals surface area contributed by atoms with Crippen LogP contribution in [-0.2, 0) is 6.54 Å². The van der Waals surface area contributed by atoms with E-state index in [-0.39, 0.29) is 11.8 Å². The van der Waals surface area contributed by atoms with E-state index in [1.165, 1.54) is 0 Å². The minimum absolute atomic E-state index is 0.0246. The number of amides is 1. The standard InChI is InChI=1S/C20H24N6O2/c1-3-9-26-14(2)17(12-22-26)20(27)25-10-5-7-16(13-25)19-23-18(24-28-19)15-6-4-8-21-11-15/h4,6,8,11-12,16H,3,5,7,9-10,13H2,1-2H3/t16-/m0/s1. The highest BCUT2D eigenvalue weighted by Crippen LogP contribution is 2.28. The maximum atomic E-state index is 13.0. The molecule has 3 aromatic heterocycles. The zero-order valence-corrected chi connectivity index (χ0v) is 16.2. The third-order valence-electron chi connectivity index (χ3n) is 5.19. The van der Waals surface area contributed by atoms with Crippen molar-refractivity contribution in [2.24, 2.45) is 0 Å². The average molecular weight is 380 g/mol. The van der Waals surface area contributed by atoms with Crippen molar-refractivity contribution in [1.29, 1.82) is 0 Å². The highest BCUT2D eigenvalue weighted by atomic mass is 16.5. The first-order chi connectivity index (χ1) is 13.7. The van der Waals surface area contributed by atoms with Gasteiger partial charge < -0.3 is 9.42 Å². The van der Waals surface area contributed by atoms with Gasteiger partial charge in [0.15, 0.2) is 0 Å². The Morgan fingerprint density at radius 1 is 1.36 bits per heavy atom. The van der Waals surface area contributed by atoms with Crippen molar-refractivity contribution in [2.75, 3.05) is 13.1 Å². The molecule has 0 N–H and O–H groups in total. The molecule has 1 fully saturated rings. The smallest absolute Gasteiger partial charge is 0.257 e. The molecule has 4 heterocycles. The summed E-state index contributed by atoms with van der Waals surface area (Å²) < 4.78 is 7.40. The number of piperidine rings is 1. The van der Waals surface area contributed by atoms with Crippen LogP contribution in [0.25, 0.3) is 11.4 Å². The summed E-state index contributed by atoms with van der Waals surface area (Å²) in [6, 6.07) is 3.74. The normalized spacial score (nSPS) is 17.1. The Labute approximate surface area is 163 Å². The van der Waals surface area contributed by atoms with Gasteiger partial charge in [0.25, 0.3) is 5.91 Å². The van der Waals surface area contributed by atoms with Crippen LogP contribution in [0.1, 0.15) is 54.0 Å². The van der Waals surface area contributed by atoms with Crippen molar-refractivity contribution in [1.82, 2.24) is 29.8 Å². The Balaban J connectivity index is 1.49. The number of aryl methyl sites for hydroxylation is 1. The number of likely N-dealkylation sites (tertiary alicyclic amines) is 1. The van der Waals surface area contributed by atoms with E-state index in [1.807, 2.05) is 28.6 Å². The summed E-state index contributed by atoms with van der Waals surface area (Å²) >= 11 is 0. The molecule has 0 unspecified atom stereocenters. The minimum Gasteiger partial charge on any atom is -0.339 e. The maximum Gasteiger partial charge on any atom is 0.257 e. The highest BCUT2D eigenvalue weighted by Gasteiger charge is 2.30. The molecular formula is C20H24N6O2. The molecule has 8 nitrogen and oxygen atoms in total. The van der Waals surface area contributed by atoms with E-state index in [2.05, 4.69) is 27.1 Å². The lowest BCUT2D eigenvalue weighted by atomic mass is 9.97. The SMILES string of the molecule is CCCn1ncc(C(=O)N2CCC[C@H](c3nc(-c4cccnc4)no3)C2)c1C. The first kappa shape index (κ1) is 18.3. The molecule has 0 aromatic carbocycles. The minimum atomic E-state index is 0.0246. The van der Waals surface area contributed by atoms with Crippen LogP contribution in [0.5, 0.6) is 0 Å². The van der Waals surface area contributed by atoms with E-state index in [4.69, 9.17) is 4.52 Å². The first-order valence-electron chi connectivity index (χ1n) is 9.73. The van der Waals surface area contributed by atoms with Gasteiger partial charge in [-0.25, -0.2) is 0 Å². The average Bonchev–Trinajstić information content (AvgIpc) is 3.37. The molecule has 1 amide bonds. The molecule has 0 spiro atoms. The van der Waals surface area contributed by atoms with Gasteiger partial charge in [-0.15, -0.1) is 0 Å². The van der Waals surface area contributed by atoms with Crippen LogP contribution in [-0.4, -0.2) is 48.8 Å². The van der Waals surface area contributed by atoms with E-state index in [1.54, 1.807) is 18.6 Å². The molecule has 1 aliphatic rings. The fraction of sp³-hybridized carbons (Fsp3) is 0.450. The quantitative estimate of drug-likeness (QED) is 0.676. The molecule has 1 saturated heterocycles. The zero-order chi connectivity index (χ0) is 19.5. The molecule has 0 bridgehead atoms. The Bertz CT molecular complexity index is 949. The van der Waals surface area contributed by atoms with Crippen molar-refractivity contribution in [3.05, 3.63) is 47.9 Å². The molecule has 0 aliphatic carbocycles. The topological polar surface area (TPSA) is 89.9 Å². The first-order valence-corrected chi connectivity index (χ1v) is 9.73. The van der Waals surface area contributed by atoms with Crippen molar-refractivity contribution >= 4 is 5.91 Å². The summed E-state index contributed by atoms with van der Waals surface area (Å²) in [6.07, 6.45) is 7.92. The molecule has 28 heavy (non-hydrogen) atoms. The number of pyridine rings is 1. The van der Waals surface area contributed by atoms with E-state index >= 15 is 0 Å². The number of aromatic nitrogens is 5. The lowest BCUT2D eigenvalue weighted by Crippen LogP contribution is -2.39. The van der Waals surface area contributed by atoms with Crippen molar-refractivity contribution in [3.8, 4) is 11.4 Å². The second kappa shape index (κ2) is 7.92. The van der Waals surface area contributed by atoms with Gasteiger partial charge in [-0.05, 0) is 38.3 Å². The van der Waals surface area contributed by atoms with Crippen LogP contribution in [0.4, 0.5) is 0 Å². The Kier molecular flexibility index (Phi) is 5.18. The maximum absolute atomic E-state index is 13.0. The molecule has 146 valence electrons. The lowest BCUT2D eigenvalue weighted by molar-refractivity contribution is 0.0694. The molecule has 1 aliphatic heterocycles. The van der Waals surface area contributed by atoms with E-state index in [0.29, 0.717) is 23.8 Å². The van der Waals surface area contributed by atoms with Crippen molar-refractivity contribution < 1.29 is 9.32 Å². The molecule has 3 aromatic rings. The predicted molar refractivity (Wildman–Crippen MR) is 103 cm³/mol. The number of carbonyl (C=O) groups is 1. The van der Waals surface area contributed by atoms with Crippen LogP contribution in [0.15, 0.2) is 35.2 Å². The van der Waals surface area contributed by atoms with Crippen LogP contribution in [0.3, 0.4) is 0 Å². The molecule has 0 saturated carbocycles. The third kappa shape index (κ3) is 3.54. The van der Waals surface area contributed by atoms with Gasteiger partial charge in [0.2, 0.25) is 11.7 Å². The van der Waals surface area contributed by atoms with Gasteiger partial charge in [-0.1, -0.05) is 12.1 Å². The number of rotatable bonds is 5. The summed E-state index contributed by atoms with van der Waals surface area (Å²) in [7, 11) is 0. The summed E-state index contributed by atoms with van der Waals surface area (Å²) in [5.41, 5.74) is 2.42. The van der Waals surface area contributed by atoms with Crippen LogP contribution >= 0.6 is 0 Å². The largest absolute Gasteiger partial charge is 0.339 e. The highest BCUT2D eigenvalue weighted by molar-refractivity contribution is 5.95. The predicted octanol–water partition coefficient (Wildman–Crippen LogP) is 3.07. The van der Waals surface area contributed by atoms with Gasteiger partial charge in [-0.2, -0.15) is 10.1 Å². The van der Waals surface area contributed by atoms with Gasteiger partial charge in [0, 0.05) is 43.3 Å². The number of nitrogens with zero attached hydrogens (tertiary/aromatic N) is 6. The van der Waals surface area contributed by atoms with E-state index in [9.17, 15) is 4.79 Å². The van der Waals surface area contributed by atoms with Crippen molar-refractivity contribution in [3.63, 3.8) is 0 Å². The molecule has 4 rings (SSSR count). The molecule has 8 heteroatoms. The van der Waals surface area contributed by atoms with E-state index < -0.39 is 0 Å². The summed E-state index contributed by atoms with van der Waals surface area (Å²) in [4.78, 5) is 23.6. The number of hydrogen-bond acceptors (Lipinski definition) is 6. The fourth-order valence-electron chi connectivity index (χ4n) is 3.64. The fourth-order valence-corrected chi connectivity index (χ4v) is 3.64. The summed E-state index contributed by atoms with van der Waals surface area (Å²) in [5.74, 6) is 1.18. The zero-order valence-electron chi connectivity index (χ0n) is 16.2. The lowest BCUT2D eigenvalue weighted by Gasteiger charge is -2.31. The Hall–Kier alpha value is -3.03. The third-order valence-corrected chi connectivity index (χ3v) is 5.19. The Morgan fingerprint density at radius 2 is 2.25 bits per heavy atom. The van der Waals surface area contributed by atoms with Gasteiger partial charge >= 0.3 is 0 Å². The van der Waals surface area contributed by atoms with Gasteiger partial charge in [0.1, 0.15) is 0 Å². The van der Waals surface area contributed by atoms with Crippen LogP contribution < -0.4 is 0 Å². The number of carbonyl (C=O) groups excluding carboxylic acids is 1. The molecule has 0 radical (unpaired) electrons. The summed E-state index contributed by atoms with van der Waals surface area (Å²) in [5, 5.41) is 8.44. The second-order valence-corrected chi connectivity index (χ2v) is 7.16. The van der Waals surface area contributed by atoms with Crippen LogP contribution in [0.2, 0.25) is 0 Å². The van der Waals surface area contributed by atoms with E-state index in [0.717, 1.165) is 43.6 Å². The summed E-state index contributed by atoms with van der Waals surface area (Å²) in [6.45, 7) is 6.18. The van der Waals surface area contributed by atoms with Crippen molar-refractivity contribution in [2.45, 2.75) is 45.6 Å². The molecular weight excluding hydrogens is 356 g/mol. The number of hydrogen-bond donors (Lipinski definition) is 0. The Morgan fingerprint density at radius 3 is 3.04 bits per heavy atom. The monoisotopic (exact) mass is 380 g/mol. The second-order valence-electron chi connectivity index (χ2n) is 7.16. The van der Waals surface area contributed by atoms with Gasteiger partial charge in [-0.3, -0.25) is 14.5 Å².